The predicted molar refractivity (Wildman–Crippen MR) is 124 cm³/mol. The van der Waals surface area contributed by atoms with Gasteiger partial charge in [-0.2, -0.15) is 0 Å². The van der Waals surface area contributed by atoms with Crippen LogP contribution in [0.2, 0.25) is 0 Å². The molecule has 0 aliphatic heterocycles. The van der Waals surface area contributed by atoms with Crippen LogP contribution in [-0.4, -0.2) is 25.0 Å². The number of carbonyl (C=O) groups excluding carboxylic acids is 1. The van der Waals surface area contributed by atoms with Crippen molar-refractivity contribution in [1.29, 1.82) is 0 Å². The van der Waals surface area contributed by atoms with Gasteiger partial charge in [0.05, 0.1) is 16.8 Å². The Kier molecular flexibility index (Phi) is 5.05. The van der Waals surface area contributed by atoms with Crippen molar-refractivity contribution in [3.63, 3.8) is 0 Å². The number of rotatable bonds is 5. The van der Waals surface area contributed by atoms with Crippen molar-refractivity contribution in [3.05, 3.63) is 108 Å². The fraction of sp³-hybridized carbons (Fsp3) is 0.0400. The zero-order chi connectivity index (χ0) is 21.9. The minimum atomic E-state index is -0.295. The first-order chi connectivity index (χ1) is 15.7. The van der Waals surface area contributed by atoms with Crippen LogP contribution in [0.5, 0.6) is 0 Å². The topological polar surface area (TPSA) is 81.8 Å². The average Bonchev–Trinajstić information content (AvgIpc) is 3.23. The first-order valence-electron chi connectivity index (χ1n) is 10.1. The van der Waals surface area contributed by atoms with Crippen LogP contribution in [0.4, 0.5) is 5.69 Å². The molecule has 0 spiro atoms. The monoisotopic (exact) mass is 421 g/mol. The van der Waals surface area contributed by atoms with Gasteiger partial charge in [-0.3, -0.25) is 23.7 Å². The van der Waals surface area contributed by atoms with Crippen LogP contribution in [-0.2, 0) is 11.3 Å². The standard InChI is InChI=1S/C25H19N5O2/c31-23(28-19-9-5-2-6-10-19)16-29-17-27-24-21(25(29)32)15-22(18-7-3-1-4-8-18)30(24)20-11-13-26-14-12-20/h1-15,17H,16H2,(H,28,31). The molecule has 32 heavy (non-hydrogen) atoms. The van der Waals surface area contributed by atoms with Gasteiger partial charge in [-0.15, -0.1) is 0 Å². The third-order valence-electron chi connectivity index (χ3n) is 5.15. The third kappa shape index (κ3) is 3.67. The number of nitrogens with one attached hydrogen (secondary N) is 1. The van der Waals surface area contributed by atoms with Crippen molar-refractivity contribution in [1.82, 2.24) is 19.1 Å². The normalized spacial score (nSPS) is 10.9. The van der Waals surface area contributed by atoms with Crippen molar-refractivity contribution >= 4 is 22.6 Å². The van der Waals surface area contributed by atoms with E-state index in [-0.39, 0.29) is 18.0 Å². The van der Waals surface area contributed by atoms with Gasteiger partial charge in [-0.05, 0) is 35.9 Å². The lowest BCUT2D eigenvalue weighted by Gasteiger charge is -2.11. The molecule has 2 aromatic carbocycles. The maximum absolute atomic E-state index is 13.3. The van der Waals surface area contributed by atoms with Gasteiger partial charge < -0.3 is 5.32 Å². The van der Waals surface area contributed by atoms with E-state index in [4.69, 9.17) is 0 Å². The molecular formula is C25H19N5O2. The van der Waals surface area contributed by atoms with Gasteiger partial charge in [0.1, 0.15) is 12.9 Å². The maximum atomic E-state index is 13.3. The molecule has 7 heteroatoms. The highest BCUT2D eigenvalue weighted by molar-refractivity contribution is 5.91. The second-order valence-electron chi connectivity index (χ2n) is 7.27. The van der Waals surface area contributed by atoms with E-state index >= 15 is 0 Å². The fourth-order valence-electron chi connectivity index (χ4n) is 3.68. The Morgan fingerprint density at radius 1 is 0.906 bits per heavy atom. The summed E-state index contributed by atoms with van der Waals surface area (Å²) in [5.41, 5.74) is 3.57. The van der Waals surface area contributed by atoms with Gasteiger partial charge in [0.15, 0.2) is 5.65 Å². The highest BCUT2D eigenvalue weighted by Gasteiger charge is 2.17. The number of benzene rings is 2. The summed E-state index contributed by atoms with van der Waals surface area (Å²) in [7, 11) is 0. The number of pyridine rings is 1. The summed E-state index contributed by atoms with van der Waals surface area (Å²) in [4.78, 5) is 34.4. The Morgan fingerprint density at radius 3 is 2.31 bits per heavy atom. The number of para-hydroxylation sites is 1. The molecule has 0 atom stereocenters. The van der Waals surface area contributed by atoms with Crippen LogP contribution in [0, 0.1) is 0 Å². The van der Waals surface area contributed by atoms with E-state index in [1.807, 2.05) is 71.3 Å². The quantitative estimate of drug-likeness (QED) is 0.467. The maximum Gasteiger partial charge on any atom is 0.263 e. The van der Waals surface area contributed by atoms with Crippen molar-refractivity contribution in [3.8, 4) is 16.9 Å². The van der Waals surface area contributed by atoms with Crippen LogP contribution in [0.25, 0.3) is 28.0 Å². The zero-order valence-corrected chi connectivity index (χ0v) is 17.1. The molecule has 0 unspecified atom stereocenters. The van der Waals surface area contributed by atoms with E-state index < -0.39 is 0 Å². The molecule has 3 heterocycles. The molecule has 0 bridgehead atoms. The molecule has 0 fully saturated rings. The van der Waals surface area contributed by atoms with Gasteiger partial charge >= 0.3 is 0 Å². The van der Waals surface area contributed by atoms with E-state index in [2.05, 4.69) is 15.3 Å². The minimum absolute atomic E-state index is 0.127. The molecular weight excluding hydrogens is 402 g/mol. The van der Waals surface area contributed by atoms with Crippen LogP contribution in [0.15, 0.2) is 102 Å². The van der Waals surface area contributed by atoms with Crippen molar-refractivity contribution < 1.29 is 4.79 Å². The second kappa shape index (κ2) is 8.31. The van der Waals surface area contributed by atoms with Crippen LogP contribution < -0.4 is 10.9 Å². The number of hydrogen-bond acceptors (Lipinski definition) is 4. The van der Waals surface area contributed by atoms with Crippen LogP contribution >= 0.6 is 0 Å². The SMILES string of the molecule is O=C(Cn1cnc2c(cc(-c3ccccc3)n2-c2ccncc2)c1=O)Nc1ccccc1. The molecule has 0 saturated carbocycles. The fourth-order valence-corrected chi connectivity index (χ4v) is 3.68. The molecule has 5 rings (SSSR count). The number of carbonyl (C=O) groups is 1. The Morgan fingerprint density at radius 2 is 1.59 bits per heavy atom. The largest absolute Gasteiger partial charge is 0.325 e. The lowest BCUT2D eigenvalue weighted by molar-refractivity contribution is -0.116. The van der Waals surface area contributed by atoms with Gasteiger partial charge in [-0.25, -0.2) is 4.98 Å². The van der Waals surface area contributed by atoms with Crippen molar-refractivity contribution in [2.75, 3.05) is 5.32 Å². The first-order valence-corrected chi connectivity index (χ1v) is 10.1. The van der Waals surface area contributed by atoms with Crippen LogP contribution in [0.3, 0.4) is 0 Å². The predicted octanol–water partition coefficient (Wildman–Crippen LogP) is 3.89. The first kappa shape index (κ1) is 19.4. The molecule has 3 aromatic heterocycles. The van der Waals surface area contributed by atoms with E-state index in [0.29, 0.717) is 16.7 Å². The van der Waals surface area contributed by atoms with Gasteiger partial charge in [0.25, 0.3) is 5.56 Å². The molecule has 156 valence electrons. The molecule has 0 aliphatic rings. The van der Waals surface area contributed by atoms with Gasteiger partial charge in [-0.1, -0.05) is 48.5 Å². The summed E-state index contributed by atoms with van der Waals surface area (Å²) < 4.78 is 3.26. The summed E-state index contributed by atoms with van der Waals surface area (Å²) in [5, 5.41) is 3.24. The number of hydrogen-bond donors (Lipinski definition) is 1. The van der Waals surface area contributed by atoms with Gasteiger partial charge in [0.2, 0.25) is 5.91 Å². The Hall–Kier alpha value is -4.52. The van der Waals surface area contributed by atoms with Crippen molar-refractivity contribution in [2.45, 2.75) is 6.54 Å². The number of anilines is 1. The summed E-state index contributed by atoms with van der Waals surface area (Å²) in [6.45, 7) is -0.127. The molecule has 1 amide bonds. The lowest BCUT2D eigenvalue weighted by atomic mass is 10.1. The smallest absolute Gasteiger partial charge is 0.263 e. The summed E-state index contributed by atoms with van der Waals surface area (Å²) in [6, 6.07) is 24.5. The highest BCUT2D eigenvalue weighted by Crippen LogP contribution is 2.28. The Bertz CT molecular complexity index is 1440. The van der Waals surface area contributed by atoms with E-state index in [1.165, 1.54) is 10.9 Å². The molecule has 0 aliphatic carbocycles. The highest BCUT2D eigenvalue weighted by atomic mass is 16.2. The van der Waals surface area contributed by atoms with Crippen LogP contribution in [0.1, 0.15) is 0 Å². The lowest BCUT2D eigenvalue weighted by Crippen LogP contribution is -2.27. The Labute approximate surface area is 183 Å². The summed E-state index contributed by atoms with van der Waals surface area (Å²) in [6.07, 6.45) is 4.82. The molecule has 5 aromatic rings. The van der Waals surface area contributed by atoms with E-state index in [9.17, 15) is 9.59 Å². The summed E-state index contributed by atoms with van der Waals surface area (Å²) in [5.74, 6) is -0.295. The van der Waals surface area contributed by atoms with E-state index in [0.717, 1.165) is 16.9 Å². The number of nitrogens with zero attached hydrogens (tertiary/aromatic N) is 4. The molecule has 0 radical (unpaired) electrons. The van der Waals surface area contributed by atoms with Gasteiger partial charge in [0, 0.05) is 18.1 Å². The number of aromatic nitrogens is 4. The van der Waals surface area contributed by atoms with E-state index in [1.54, 1.807) is 24.5 Å². The second-order valence-corrected chi connectivity index (χ2v) is 7.27. The Balaban J connectivity index is 1.59. The van der Waals surface area contributed by atoms with Crippen molar-refractivity contribution in [2.24, 2.45) is 0 Å². The minimum Gasteiger partial charge on any atom is -0.325 e. The molecule has 7 nitrogen and oxygen atoms in total. The summed E-state index contributed by atoms with van der Waals surface area (Å²) >= 11 is 0. The third-order valence-corrected chi connectivity index (χ3v) is 5.15. The number of fused-ring (bicyclic) bond motifs is 1. The molecule has 1 N–H and O–H groups in total. The zero-order valence-electron chi connectivity index (χ0n) is 17.1. The molecule has 0 saturated heterocycles. The number of amides is 1. The average molecular weight is 421 g/mol.